The number of rotatable bonds is 6. The molecule has 0 aliphatic rings. The second-order valence-corrected chi connectivity index (χ2v) is 4.43. The molecule has 0 saturated heterocycles. The second kappa shape index (κ2) is 6.62. The van der Waals surface area contributed by atoms with Gasteiger partial charge in [-0.3, -0.25) is 0 Å². The van der Waals surface area contributed by atoms with Crippen LogP contribution >= 0.6 is 0 Å². The summed E-state index contributed by atoms with van der Waals surface area (Å²) in [5.41, 5.74) is 2.81. The molecule has 0 aliphatic carbocycles. The first-order valence-electron chi connectivity index (χ1n) is 6.03. The maximum Gasteiger partial charge on any atom is 0.0205 e. The smallest absolute Gasteiger partial charge is 0.0205 e. The Hall–Kier alpha value is -0.820. The van der Waals surface area contributed by atoms with Gasteiger partial charge in [0.05, 0.1) is 0 Å². The van der Waals surface area contributed by atoms with Crippen LogP contribution in [0.25, 0.3) is 0 Å². The van der Waals surface area contributed by atoms with Crippen molar-refractivity contribution in [2.75, 3.05) is 6.54 Å². The molecule has 1 nitrogen and oxygen atoms in total. The third-order valence-electron chi connectivity index (χ3n) is 2.68. The van der Waals surface area contributed by atoms with Crippen LogP contribution in [0.15, 0.2) is 24.3 Å². The zero-order chi connectivity index (χ0) is 11.1. The standard InChI is InChI=1S/C14H23N/c1-4-5-10-15-11-13-6-8-14(9-7-13)12(2)3/h6-9,12,15H,4-5,10-11H2,1-3H3. The topological polar surface area (TPSA) is 12.0 Å². The Morgan fingerprint density at radius 2 is 1.80 bits per heavy atom. The third kappa shape index (κ3) is 4.48. The van der Waals surface area contributed by atoms with Crippen LogP contribution in [0.2, 0.25) is 0 Å². The molecule has 0 aliphatic heterocycles. The van der Waals surface area contributed by atoms with Crippen LogP contribution in [0.1, 0.15) is 50.7 Å². The van der Waals surface area contributed by atoms with Crippen LogP contribution in [0.4, 0.5) is 0 Å². The SMILES string of the molecule is CCCCNCc1ccc(C(C)C)cc1. The van der Waals surface area contributed by atoms with Crippen molar-refractivity contribution in [3.8, 4) is 0 Å². The molecule has 84 valence electrons. The van der Waals surface area contributed by atoms with Gasteiger partial charge in [0.15, 0.2) is 0 Å². The fourth-order valence-corrected chi connectivity index (χ4v) is 1.55. The molecule has 0 unspecified atom stereocenters. The Labute approximate surface area is 93.9 Å². The van der Waals surface area contributed by atoms with Gasteiger partial charge in [-0.25, -0.2) is 0 Å². The molecule has 1 heteroatoms. The molecule has 0 atom stereocenters. The quantitative estimate of drug-likeness (QED) is 0.698. The van der Waals surface area contributed by atoms with Crippen LogP contribution < -0.4 is 5.32 Å². The van der Waals surface area contributed by atoms with Crippen LogP contribution in [-0.4, -0.2) is 6.54 Å². The summed E-state index contributed by atoms with van der Waals surface area (Å²) in [5.74, 6) is 0.632. The Morgan fingerprint density at radius 1 is 1.13 bits per heavy atom. The summed E-state index contributed by atoms with van der Waals surface area (Å²) in [4.78, 5) is 0. The van der Waals surface area contributed by atoms with Crippen molar-refractivity contribution in [2.24, 2.45) is 0 Å². The lowest BCUT2D eigenvalue weighted by Gasteiger charge is -2.07. The molecule has 0 amide bonds. The second-order valence-electron chi connectivity index (χ2n) is 4.43. The van der Waals surface area contributed by atoms with Gasteiger partial charge in [-0.2, -0.15) is 0 Å². The minimum atomic E-state index is 0.632. The lowest BCUT2D eigenvalue weighted by molar-refractivity contribution is 0.641. The summed E-state index contributed by atoms with van der Waals surface area (Å²) >= 11 is 0. The fourth-order valence-electron chi connectivity index (χ4n) is 1.55. The van der Waals surface area contributed by atoms with Crippen molar-refractivity contribution >= 4 is 0 Å². The van der Waals surface area contributed by atoms with Crippen molar-refractivity contribution in [1.82, 2.24) is 5.32 Å². The zero-order valence-corrected chi connectivity index (χ0v) is 10.2. The molecule has 0 spiro atoms. The Balaban J connectivity index is 2.36. The summed E-state index contributed by atoms with van der Waals surface area (Å²) in [6.45, 7) is 8.81. The van der Waals surface area contributed by atoms with Crippen LogP contribution in [0.5, 0.6) is 0 Å². The van der Waals surface area contributed by atoms with E-state index in [1.54, 1.807) is 0 Å². The molecule has 0 saturated carbocycles. The highest BCUT2D eigenvalue weighted by atomic mass is 14.8. The largest absolute Gasteiger partial charge is 0.313 e. The van der Waals surface area contributed by atoms with Crippen molar-refractivity contribution in [3.05, 3.63) is 35.4 Å². The van der Waals surface area contributed by atoms with Crippen molar-refractivity contribution in [3.63, 3.8) is 0 Å². The van der Waals surface area contributed by atoms with Gasteiger partial charge in [0, 0.05) is 6.54 Å². The van der Waals surface area contributed by atoms with E-state index in [1.165, 1.54) is 24.0 Å². The number of nitrogens with one attached hydrogen (secondary N) is 1. The van der Waals surface area contributed by atoms with Crippen molar-refractivity contribution in [2.45, 2.75) is 46.1 Å². The Morgan fingerprint density at radius 3 is 2.33 bits per heavy atom. The summed E-state index contributed by atoms with van der Waals surface area (Å²) in [6, 6.07) is 8.94. The van der Waals surface area contributed by atoms with E-state index in [0.29, 0.717) is 5.92 Å². The lowest BCUT2D eigenvalue weighted by Crippen LogP contribution is -2.14. The first-order valence-corrected chi connectivity index (χ1v) is 6.03. The van der Waals surface area contributed by atoms with Gasteiger partial charge in [0.25, 0.3) is 0 Å². The van der Waals surface area contributed by atoms with Crippen LogP contribution in [0, 0.1) is 0 Å². The molecule has 0 bridgehead atoms. The molecular formula is C14H23N. The maximum atomic E-state index is 3.45. The Bertz CT molecular complexity index is 261. The Kier molecular flexibility index (Phi) is 5.41. The molecule has 0 aromatic heterocycles. The molecule has 0 heterocycles. The van der Waals surface area contributed by atoms with Gasteiger partial charge in [0.1, 0.15) is 0 Å². The van der Waals surface area contributed by atoms with E-state index in [0.717, 1.165) is 13.1 Å². The van der Waals surface area contributed by atoms with Gasteiger partial charge in [-0.1, -0.05) is 51.5 Å². The van der Waals surface area contributed by atoms with Gasteiger partial charge in [0.2, 0.25) is 0 Å². The first-order chi connectivity index (χ1) is 7.24. The number of hydrogen-bond donors (Lipinski definition) is 1. The number of hydrogen-bond acceptors (Lipinski definition) is 1. The highest BCUT2D eigenvalue weighted by molar-refractivity contribution is 5.24. The highest BCUT2D eigenvalue weighted by Crippen LogP contribution is 2.14. The predicted molar refractivity (Wildman–Crippen MR) is 67.1 cm³/mol. The van der Waals surface area contributed by atoms with E-state index in [9.17, 15) is 0 Å². The summed E-state index contributed by atoms with van der Waals surface area (Å²) < 4.78 is 0. The number of unbranched alkanes of at least 4 members (excludes halogenated alkanes) is 1. The summed E-state index contributed by atoms with van der Waals surface area (Å²) in [6.07, 6.45) is 2.53. The van der Waals surface area contributed by atoms with E-state index >= 15 is 0 Å². The molecule has 1 rings (SSSR count). The predicted octanol–water partition coefficient (Wildman–Crippen LogP) is 3.70. The lowest BCUT2D eigenvalue weighted by atomic mass is 10.0. The van der Waals surface area contributed by atoms with E-state index in [2.05, 4.69) is 50.4 Å². The highest BCUT2D eigenvalue weighted by Gasteiger charge is 1.98. The van der Waals surface area contributed by atoms with Gasteiger partial charge < -0.3 is 5.32 Å². The summed E-state index contributed by atoms with van der Waals surface area (Å²) in [5, 5.41) is 3.45. The monoisotopic (exact) mass is 205 g/mol. The van der Waals surface area contributed by atoms with Crippen LogP contribution in [-0.2, 0) is 6.54 Å². The van der Waals surface area contributed by atoms with E-state index < -0.39 is 0 Å². The first kappa shape index (κ1) is 12.3. The minimum Gasteiger partial charge on any atom is -0.313 e. The van der Waals surface area contributed by atoms with Crippen molar-refractivity contribution < 1.29 is 0 Å². The van der Waals surface area contributed by atoms with E-state index in [4.69, 9.17) is 0 Å². The van der Waals surface area contributed by atoms with Crippen molar-refractivity contribution in [1.29, 1.82) is 0 Å². The zero-order valence-electron chi connectivity index (χ0n) is 10.2. The molecular weight excluding hydrogens is 182 g/mol. The normalized spacial score (nSPS) is 10.9. The average molecular weight is 205 g/mol. The van der Waals surface area contributed by atoms with Gasteiger partial charge in [-0.15, -0.1) is 0 Å². The fraction of sp³-hybridized carbons (Fsp3) is 0.571. The van der Waals surface area contributed by atoms with E-state index in [1.807, 2.05) is 0 Å². The van der Waals surface area contributed by atoms with Gasteiger partial charge >= 0.3 is 0 Å². The van der Waals surface area contributed by atoms with E-state index in [-0.39, 0.29) is 0 Å². The number of benzene rings is 1. The third-order valence-corrected chi connectivity index (χ3v) is 2.68. The molecule has 1 N–H and O–H groups in total. The maximum absolute atomic E-state index is 3.45. The molecule has 15 heavy (non-hydrogen) atoms. The molecule has 1 aromatic carbocycles. The minimum absolute atomic E-state index is 0.632. The molecule has 0 fully saturated rings. The average Bonchev–Trinajstić information content (AvgIpc) is 2.25. The molecule has 0 radical (unpaired) electrons. The van der Waals surface area contributed by atoms with Gasteiger partial charge in [-0.05, 0) is 30.0 Å². The summed E-state index contributed by atoms with van der Waals surface area (Å²) in [7, 11) is 0. The van der Waals surface area contributed by atoms with Crippen LogP contribution in [0.3, 0.4) is 0 Å². The molecule has 1 aromatic rings.